The van der Waals surface area contributed by atoms with Crippen LogP contribution in [0.15, 0.2) is 29.2 Å². The fourth-order valence-electron chi connectivity index (χ4n) is 1.08. The molecule has 1 aromatic heterocycles. The molecular formula is C11H15NOS. The van der Waals surface area contributed by atoms with Crippen LogP contribution in [0.4, 0.5) is 0 Å². The summed E-state index contributed by atoms with van der Waals surface area (Å²) in [5.41, 5.74) is 1.03. The third kappa shape index (κ3) is 4.23. The zero-order valence-corrected chi connectivity index (χ0v) is 9.36. The monoisotopic (exact) mass is 209 g/mol. The molecule has 0 aliphatic rings. The topological polar surface area (TPSA) is 29.1 Å². The predicted molar refractivity (Wildman–Crippen MR) is 60.5 cm³/mol. The second kappa shape index (κ2) is 5.60. The summed E-state index contributed by atoms with van der Waals surface area (Å²) in [6, 6.07) is 4.11. The van der Waals surface area contributed by atoms with Gasteiger partial charge in [-0.3, -0.25) is 4.79 Å². The van der Waals surface area contributed by atoms with Crippen molar-refractivity contribution in [2.75, 3.05) is 6.54 Å². The molecule has 1 N–H and O–H groups in total. The Hall–Kier alpha value is -1.09. The van der Waals surface area contributed by atoms with Crippen molar-refractivity contribution in [2.24, 2.45) is 0 Å². The maximum Gasteiger partial charge on any atom is 0.243 e. The van der Waals surface area contributed by atoms with Crippen LogP contribution in [-0.2, 0) is 11.2 Å². The minimum Gasteiger partial charge on any atom is -0.352 e. The average molecular weight is 209 g/mol. The summed E-state index contributed by atoms with van der Waals surface area (Å²) in [7, 11) is 0. The molecule has 0 radical (unpaired) electrons. The van der Waals surface area contributed by atoms with E-state index in [2.05, 4.69) is 11.4 Å². The zero-order valence-electron chi connectivity index (χ0n) is 8.54. The van der Waals surface area contributed by atoms with Gasteiger partial charge in [0, 0.05) is 17.5 Å². The van der Waals surface area contributed by atoms with Crippen molar-refractivity contribution in [1.29, 1.82) is 0 Å². The van der Waals surface area contributed by atoms with Gasteiger partial charge in [0.25, 0.3) is 0 Å². The van der Waals surface area contributed by atoms with Crippen molar-refractivity contribution in [2.45, 2.75) is 20.3 Å². The van der Waals surface area contributed by atoms with Gasteiger partial charge in [-0.2, -0.15) is 0 Å². The van der Waals surface area contributed by atoms with Crippen LogP contribution in [-0.4, -0.2) is 12.5 Å². The van der Waals surface area contributed by atoms with E-state index in [1.54, 1.807) is 17.4 Å². The third-order valence-electron chi connectivity index (χ3n) is 1.67. The molecule has 0 saturated carbocycles. The highest BCUT2D eigenvalue weighted by atomic mass is 32.1. The van der Waals surface area contributed by atoms with E-state index in [-0.39, 0.29) is 5.91 Å². The molecule has 0 fully saturated rings. The molecule has 0 aromatic carbocycles. The Kier molecular flexibility index (Phi) is 4.40. The van der Waals surface area contributed by atoms with E-state index in [9.17, 15) is 4.79 Å². The van der Waals surface area contributed by atoms with Crippen LogP contribution in [0, 0.1) is 0 Å². The number of nitrogens with one attached hydrogen (secondary N) is 1. The fourth-order valence-corrected chi connectivity index (χ4v) is 1.79. The average Bonchev–Trinajstić information content (AvgIpc) is 2.55. The van der Waals surface area contributed by atoms with Crippen LogP contribution in [0.2, 0.25) is 0 Å². The molecule has 0 bridgehead atoms. The standard InChI is InChI=1S/C11H15NOS/c1-9(2)8-11(13)12-6-5-10-4-3-7-14-10/h3-4,7-8H,5-6H2,1-2H3,(H,12,13). The Labute approximate surface area is 88.6 Å². The lowest BCUT2D eigenvalue weighted by Crippen LogP contribution is -2.23. The highest BCUT2D eigenvalue weighted by Gasteiger charge is 1.96. The first-order valence-corrected chi connectivity index (χ1v) is 5.51. The number of hydrogen-bond acceptors (Lipinski definition) is 2. The maximum absolute atomic E-state index is 11.2. The van der Waals surface area contributed by atoms with Crippen molar-refractivity contribution >= 4 is 17.2 Å². The molecule has 14 heavy (non-hydrogen) atoms. The second-order valence-electron chi connectivity index (χ2n) is 3.34. The number of carbonyl (C=O) groups excluding carboxylic acids is 1. The molecule has 0 unspecified atom stereocenters. The summed E-state index contributed by atoms with van der Waals surface area (Å²) in [6.45, 7) is 4.54. The van der Waals surface area contributed by atoms with E-state index >= 15 is 0 Å². The highest BCUT2D eigenvalue weighted by molar-refractivity contribution is 7.09. The Bertz CT molecular complexity index is 310. The molecular weight excluding hydrogens is 194 g/mol. The van der Waals surface area contributed by atoms with Crippen LogP contribution < -0.4 is 5.32 Å². The first kappa shape index (κ1) is 11.0. The Morgan fingerprint density at radius 1 is 1.57 bits per heavy atom. The van der Waals surface area contributed by atoms with Gasteiger partial charge in [-0.15, -0.1) is 11.3 Å². The molecule has 3 heteroatoms. The molecule has 1 aromatic rings. The number of amides is 1. The molecule has 1 rings (SSSR count). The smallest absolute Gasteiger partial charge is 0.243 e. The van der Waals surface area contributed by atoms with Crippen molar-refractivity contribution in [3.63, 3.8) is 0 Å². The summed E-state index contributed by atoms with van der Waals surface area (Å²) in [5, 5.41) is 4.89. The number of allylic oxidation sites excluding steroid dienone is 1. The molecule has 0 saturated heterocycles. The first-order valence-electron chi connectivity index (χ1n) is 4.63. The third-order valence-corrected chi connectivity index (χ3v) is 2.61. The predicted octanol–water partition coefficient (Wildman–Crippen LogP) is 2.37. The molecule has 0 atom stereocenters. The maximum atomic E-state index is 11.2. The van der Waals surface area contributed by atoms with Crippen LogP contribution in [0.5, 0.6) is 0 Å². The van der Waals surface area contributed by atoms with Crippen LogP contribution in [0.1, 0.15) is 18.7 Å². The van der Waals surface area contributed by atoms with Crippen molar-refractivity contribution < 1.29 is 4.79 Å². The van der Waals surface area contributed by atoms with Crippen LogP contribution >= 0.6 is 11.3 Å². The molecule has 1 heterocycles. The van der Waals surface area contributed by atoms with Gasteiger partial charge < -0.3 is 5.32 Å². The number of hydrogen-bond donors (Lipinski definition) is 1. The first-order chi connectivity index (χ1) is 6.68. The summed E-state index contributed by atoms with van der Waals surface area (Å²) < 4.78 is 0. The van der Waals surface area contributed by atoms with E-state index in [4.69, 9.17) is 0 Å². The van der Waals surface area contributed by atoms with Gasteiger partial charge in [0.2, 0.25) is 5.91 Å². The molecule has 1 amide bonds. The molecule has 76 valence electrons. The summed E-state index contributed by atoms with van der Waals surface area (Å²) in [6.07, 6.45) is 2.54. The van der Waals surface area contributed by atoms with Crippen molar-refractivity contribution in [1.82, 2.24) is 5.32 Å². The van der Waals surface area contributed by atoms with E-state index in [1.807, 2.05) is 25.3 Å². The van der Waals surface area contributed by atoms with E-state index in [0.29, 0.717) is 6.54 Å². The van der Waals surface area contributed by atoms with E-state index < -0.39 is 0 Å². The summed E-state index contributed by atoms with van der Waals surface area (Å²) >= 11 is 1.72. The normalized spacial score (nSPS) is 9.57. The van der Waals surface area contributed by atoms with Crippen molar-refractivity contribution in [3.8, 4) is 0 Å². The Balaban J connectivity index is 2.22. The summed E-state index contributed by atoms with van der Waals surface area (Å²) in [5.74, 6) is 0.00144. The molecule has 0 spiro atoms. The Morgan fingerprint density at radius 3 is 2.93 bits per heavy atom. The van der Waals surface area contributed by atoms with Gasteiger partial charge in [-0.25, -0.2) is 0 Å². The largest absolute Gasteiger partial charge is 0.352 e. The fraction of sp³-hybridized carbons (Fsp3) is 0.364. The number of rotatable bonds is 4. The molecule has 0 aliphatic heterocycles. The van der Waals surface area contributed by atoms with Gasteiger partial charge in [-0.1, -0.05) is 11.6 Å². The number of thiophene rings is 1. The minimum absolute atomic E-state index is 0.00144. The van der Waals surface area contributed by atoms with Gasteiger partial charge >= 0.3 is 0 Å². The lowest BCUT2D eigenvalue weighted by Gasteiger charge is -2.00. The lowest BCUT2D eigenvalue weighted by atomic mass is 10.3. The van der Waals surface area contributed by atoms with Crippen molar-refractivity contribution in [3.05, 3.63) is 34.0 Å². The van der Waals surface area contributed by atoms with Gasteiger partial charge in [0.1, 0.15) is 0 Å². The van der Waals surface area contributed by atoms with E-state index in [0.717, 1.165) is 12.0 Å². The SMILES string of the molecule is CC(C)=CC(=O)NCCc1cccs1. The van der Waals surface area contributed by atoms with E-state index in [1.165, 1.54) is 4.88 Å². The lowest BCUT2D eigenvalue weighted by molar-refractivity contribution is -0.116. The minimum atomic E-state index is 0.00144. The Morgan fingerprint density at radius 2 is 2.36 bits per heavy atom. The molecule has 2 nitrogen and oxygen atoms in total. The molecule has 0 aliphatic carbocycles. The highest BCUT2D eigenvalue weighted by Crippen LogP contribution is 2.07. The number of carbonyl (C=O) groups is 1. The van der Waals surface area contributed by atoms with Gasteiger partial charge in [0.15, 0.2) is 0 Å². The van der Waals surface area contributed by atoms with Gasteiger partial charge in [-0.05, 0) is 31.7 Å². The van der Waals surface area contributed by atoms with Crippen LogP contribution in [0.25, 0.3) is 0 Å². The second-order valence-corrected chi connectivity index (χ2v) is 4.37. The van der Waals surface area contributed by atoms with Crippen LogP contribution in [0.3, 0.4) is 0 Å². The zero-order chi connectivity index (χ0) is 10.4. The van der Waals surface area contributed by atoms with Gasteiger partial charge in [0.05, 0.1) is 0 Å². The quantitative estimate of drug-likeness (QED) is 0.758. The summed E-state index contributed by atoms with van der Waals surface area (Å²) in [4.78, 5) is 12.5.